The number of aromatic nitrogens is 3. The van der Waals surface area contributed by atoms with Gasteiger partial charge in [0.1, 0.15) is 0 Å². The molecule has 0 radical (unpaired) electrons. The summed E-state index contributed by atoms with van der Waals surface area (Å²) in [7, 11) is -1.73. The maximum Gasteiger partial charge on any atom is 0.484 e. The molecule has 3 aromatic heterocycles. The monoisotopic (exact) mass is 423 g/mol. The molecule has 0 N–H and O–H groups in total. The van der Waals surface area contributed by atoms with Crippen molar-refractivity contribution in [3.05, 3.63) is 73.2 Å². The molecule has 0 spiro atoms. The molecule has 3 aromatic rings. The Morgan fingerprint density at radius 3 is 1.80 bits per heavy atom. The van der Waals surface area contributed by atoms with Gasteiger partial charge in [0, 0.05) is 44.0 Å². The molecule has 3 rings (SSSR count). The fourth-order valence-corrected chi connectivity index (χ4v) is 3.78. The molecule has 0 aliphatic carbocycles. The lowest BCUT2D eigenvalue weighted by molar-refractivity contribution is 0.107. The van der Waals surface area contributed by atoms with Gasteiger partial charge in [0.15, 0.2) is 0 Å². The molecule has 0 atom stereocenters. The van der Waals surface area contributed by atoms with Crippen molar-refractivity contribution in [2.24, 2.45) is 0 Å². The summed E-state index contributed by atoms with van der Waals surface area (Å²) in [6.07, 6.45) is 7.13. The fourth-order valence-electron chi connectivity index (χ4n) is 2.68. The van der Waals surface area contributed by atoms with Crippen LogP contribution in [-0.4, -0.2) is 44.3 Å². The van der Waals surface area contributed by atoms with Crippen LogP contribution in [-0.2, 0) is 13.3 Å². The predicted octanol–water partition coefficient (Wildman–Crippen LogP) is 4.66. The lowest BCUT2D eigenvalue weighted by Gasteiger charge is -2.12. The molecule has 0 unspecified atom stereocenters. The van der Waals surface area contributed by atoms with E-state index in [1.165, 1.54) is 0 Å². The van der Waals surface area contributed by atoms with E-state index >= 15 is 0 Å². The second-order valence-corrected chi connectivity index (χ2v) is 7.49. The molecular formula is C23H29N3O3Si. The van der Waals surface area contributed by atoms with Gasteiger partial charge in [-0.3, -0.25) is 15.0 Å². The van der Waals surface area contributed by atoms with Crippen molar-refractivity contribution in [3.63, 3.8) is 0 Å². The van der Waals surface area contributed by atoms with Crippen molar-refractivity contribution in [2.45, 2.75) is 20.8 Å². The van der Waals surface area contributed by atoms with Gasteiger partial charge in [-0.1, -0.05) is 24.8 Å². The minimum absolute atomic E-state index is 0.677. The van der Waals surface area contributed by atoms with Crippen molar-refractivity contribution in [1.82, 2.24) is 15.0 Å². The van der Waals surface area contributed by atoms with Crippen molar-refractivity contribution in [3.8, 4) is 22.6 Å². The number of hydrogen-bond acceptors (Lipinski definition) is 6. The van der Waals surface area contributed by atoms with Gasteiger partial charge < -0.3 is 13.3 Å². The SMILES string of the molecule is C=Cc1ccnc(-c2ccccn2)c1-c1ccccn1.CCO[SiH](OCC)OCC. The smallest absolute Gasteiger partial charge is 0.376 e. The first-order chi connectivity index (χ1) is 14.7. The van der Waals surface area contributed by atoms with Gasteiger partial charge in [-0.05, 0) is 56.7 Å². The Balaban J connectivity index is 0.000000274. The van der Waals surface area contributed by atoms with Crippen molar-refractivity contribution < 1.29 is 13.3 Å². The molecule has 30 heavy (non-hydrogen) atoms. The average molecular weight is 424 g/mol. The second kappa shape index (κ2) is 13.5. The van der Waals surface area contributed by atoms with Crippen LogP contribution in [0.15, 0.2) is 67.6 Å². The normalized spacial score (nSPS) is 10.4. The summed E-state index contributed by atoms with van der Waals surface area (Å²) in [6, 6.07) is 13.5. The van der Waals surface area contributed by atoms with E-state index in [1.807, 2.05) is 69.3 Å². The maximum absolute atomic E-state index is 5.22. The van der Waals surface area contributed by atoms with Crippen LogP contribution in [0.25, 0.3) is 28.7 Å². The highest BCUT2D eigenvalue weighted by Crippen LogP contribution is 2.31. The lowest BCUT2D eigenvalue weighted by atomic mass is 10.0. The molecule has 158 valence electrons. The first kappa shape index (κ1) is 23.6. The van der Waals surface area contributed by atoms with Gasteiger partial charge in [-0.15, -0.1) is 0 Å². The summed E-state index contributed by atoms with van der Waals surface area (Å²) in [5.41, 5.74) is 4.48. The molecule has 3 heterocycles. The van der Waals surface area contributed by atoms with Crippen LogP contribution in [0.2, 0.25) is 0 Å². The maximum atomic E-state index is 5.22. The largest absolute Gasteiger partial charge is 0.484 e. The van der Waals surface area contributed by atoms with Crippen LogP contribution >= 0.6 is 0 Å². The molecule has 0 aliphatic rings. The third kappa shape index (κ3) is 6.96. The Morgan fingerprint density at radius 1 is 0.767 bits per heavy atom. The molecule has 0 fully saturated rings. The molecule has 7 heteroatoms. The highest BCUT2D eigenvalue weighted by molar-refractivity contribution is 6.36. The molecule has 0 aliphatic heterocycles. The quantitative estimate of drug-likeness (QED) is 0.466. The number of hydrogen-bond donors (Lipinski definition) is 0. The molecule has 0 amide bonds. The van der Waals surface area contributed by atoms with E-state index in [-0.39, 0.29) is 0 Å². The molecule has 6 nitrogen and oxygen atoms in total. The van der Waals surface area contributed by atoms with Gasteiger partial charge in [0.25, 0.3) is 0 Å². The minimum Gasteiger partial charge on any atom is -0.376 e. The van der Waals surface area contributed by atoms with Gasteiger partial charge in [0.05, 0.1) is 17.1 Å². The Bertz CT molecular complexity index is 865. The van der Waals surface area contributed by atoms with E-state index in [9.17, 15) is 0 Å². The van der Waals surface area contributed by atoms with Crippen molar-refractivity contribution >= 4 is 15.6 Å². The van der Waals surface area contributed by atoms with Crippen molar-refractivity contribution in [1.29, 1.82) is 0 Å². The van der Waals surface area contributed by atoms with E-state index in [4.69, 9.17) is 13.3 Å². The van der Waals surface area contributed by atoms with E-state index in [0.29, 0.717) is 19.8 Å². The van der Waals surface area contributed by atoms with Gasteiger partial charge in [-0.2, -0.15) is 0 Å². The zero-order chi connectivity index (χ0) is 21.6. The fraction of sp³-hybridized carbons (Fsp3) is 0.261. The highest BCUT2D eigenvalue weighted by Gasteiger charge is 2.14. The third-order valence-electron chi connectivity index (χ3n) is 3.94. The van der Waals surface area contributed by atoms with E-state index < -0.39 is 9.53 Å². The third-order valence-corrected chi connectivity index (χ3v) is 5.76. The Morgan fingerprint density at radius 2 is 1.33 bits per heavy atom. The van der Waals surface area contributed by atoms with E-state index in [1.54, 1.807) is 18.6 Å². The Hall–Kier alpha value is -2.71. The lowest BCUT2D eigenvalue weighted by Crippen LogP contribution is -2.27. The number of rotatable bonds is 9. The Kier molecular flexibility index (Phi) is 10.6. The van der Waals surface area contributed by atoms with Crippen LogP contribution in [0.3, 0.4) is 0 Å². The summed E-state index contributed by atoms with van der Waals surface area (Å²) >= 11 is 0. The topological polar surface area (TPSA) is 66.4 Å². The van der Waals surface area contributed by atoms with E-state index in [0.717, 1.165) is 28.2 Å². The summed E-state index contributed by atoms with van der Waals surface area (Å²) in [4.78, 5) is 13.3. The summed E-state index contributed by atoms with van der Waals surface area (Å²) in [6.45, 7) is 11.7. The molecule has 0 saturated carbocycles. The van der Waals surface area contributed by atoms with Crippen LogP contribution < -0.4 is 0 Å². The molecular weight excluding hydrogens is 394 g/mol. The zero-order valence-corrected chi connectivity index (χ0v) is 19.0. The zero-order valence-electron chi connectivity index (χ0n) is 17.8. The van der Waals surface area contributed by atoms with Gasteiger partial charge >= 0.3 is 9.53 Å². The van der Waals surface area contributed by atoms with Gasteiger partial charge in [-0.25, -0.2) is 0 Å². The summed E-state index contributed by atoms with van der Waals surface area (Å²) < 4.78 is 15.7. The van der Waals surface area contributed by atoms with Crippen LogP contribution in [0.1, 0.15) is 26.3 Å². The second-order valence-electron chi connectivity index (χ2n) is 5.91. The predicted molar refractivity (Wildman–Crippen MR) is 123 cm³/mol. The Labute approximate surface area is 180 Å². The first-order valence-corrected chi connectivity index (χ1v) is 11.5. The average Bonchev–Trinajstić information content (AvgIpc) is 2.80. The number of pyridine rings is 3. The van der Waals surface area contributed by atoms with E-state index in [2.05, 4.69) is 21.5 Å². The molecule has 0 bridgehead atoms. The standard InChI is InChI=1S/C17H13N3.C6H16O3Si/c1-2-13-9-12-20-17(15-8-4-6-11-19-15)16(13)14-7-3-5-10-18-14;1-4-7-10(8-5-2)9-6-3/h2-12H,1H2;10H,4-6H2,1-3H3. The first-order valence-electron chi connectivity index (χ1n) is 10.0. The summed E-state index contributed by atoms with van der Waals surface area (Å²) in [5, 5.41) is 0. The van der Waals surface area contributed by atoms with Crippen LogP contribution in [0.5, 0.6) is 0 Å². The number of nitrogens with zero attached hydrogens (tertiary/aromatic N) is 3. The van der Waals surface area contributed by atoms with Gasteiger partial charge in [0.2, 0.25) is 0 Å². The van der Waals surface area contributed by atoms with Crippen molar-refractivity contribution in [2.75, 3.05) is 19.8 Å². The minimum atomic E-state index is -1.73. The van der Waals surface area contributed by atoms with Crippen LogP contribution in [0.4, 0.5) is 0 Å². The molecule has 0 saturated heterocycles. The summed E-state index contributed by atoms with van der Waals surface area (Å²) in [5.74, 6) is 0. The molecule has 0 aromatic carbocycles. The highest BCUT2D eigenvalue weighted by atomic mass is 28.3. The van der Waals surface area contributed by atoms with Crippen LogP contribution in [0, 0.1) is 0 Å².